The molecule has 4 heterocycles. The number of fused-ring (bicyclic) bond motifs is 2. The molecule has 2 aromatic heterocycles. The first-order chi connectivity index (χ1) is 11.6. The standard InChI is InChI=1S/C18H24N6/c1-13-21(3)15-7-5-9-19-17(15)23(13)11-12-24-14(2)22(4)16-8-6-10-20-18(16)24/h5-10,13-14H,11-12H2,1-4H3/t13-,14+. The van der Waals surface area contributed by atoms with Crippen molar-refractivity contribution in [2.45, 2.75) is 26.2 Å². The summed E-state index contributed by atoms with van der Waals surface area (Å²) in [6.45, 7) is 6.30. The van der Waals surface area contributed by atoms with Crippen molar-refractivity contribution in [3.63, 3.8) is 0 Å². The molecule has 0 N–H and O–H groups in total. The summed E-state index contributed by atoms with van der Waals surface area (Å²) in [6, 6.07) is 8.29. The van der Waals surface area contributed by atoms with Gasteiger partial charge in [-0.3, -0.25) is 0 Å². The highest BCUT2D eigenvalue weighted by atomic mass is 15.5. The molecule has 0 unspecified atom stereocenters. The van der Waals surface area contributed by atoms with Crippen molar-refractivity contribution in [2.24, 2.45) is 0 Å². The number of pyridine rings is 2. The first-order valence-corrected chi connectivity index (χ1v) is 8.48. The molecule has 0 fully saturated rings. The summed E-state index contributed by atoms with van der Waals surface area (Å²) in [4.78, 5) is 18.5. The Labute approximate surface area is 143 Å². The van der Waals surface area contributed by atoms with E-state index < -0.39 is 0 Å². The van der Waals surface area contributed by atoms with Crippen molar-refractivity contribution >= 4 is 23.0 Å². The van der Waals surface area contributed by atoms with Gasteiger partial charge in [0.15, 0.2) is 11.6 Å². The first-order valence-electron chi connectivity index (χ1n) is 8.48. The van der Waals surface area contributed by atoms with E-state index >= 15 is 0 Å². The second kappa shape index (κ2) is 5.54. The van der Waals surface area contributed by atoms with Gasteiger partial charge in [-0.1, -0.05) is 0 Å². The van der Waals surface area contributed by atoms with E-state index in [0.717, 1.165) is 24.7 Å². The lowest BCUT2D eigenvalue weighted by Crippen LogP contribution is -2.46. The van der Waals surface area contributed by atoms with E-state index in [1.807, 2.05) is 24.5 Å². The number of hydrogen-bond donors (Lipinski definition) is 0. The van der Waals surface area contributed by atoms with E-state index in [1.165, 1.54) is 11.4 Å². The van der Waals surface area contributed by atoms with Crippen molar-refractivity contribution in [1.29, 1.82) is 0 Å². The number of hydrogen-bond acceptors (Lipinski definition) is 6. The Bertz CT molecular complexity index is 684. The predicted octanol–water partition coefficient (Wildman–Crippen LogP) is 2.38. The van der Waals surface area contributed by atoms with Crippen LogP contribution in [0.5, 0.6) is 0 Å². The molecule has 2 aliphatic rings. The van der Waals surface area contributed by atoms with Crippen LogP contribution in [0, 0.1) is 0 Å². The van der Waals surface area contributed by atoms with Gasteiger partial charge in [-0.2, -0.15) is 0 Å². The molecule has 0 aliphatic carbocycles. The van der Waals surface area contributed by atoms with E-state index in [0.29, 0.717) is 12.3 Å². The molecule has 0 radical (unpaired) electrons. The molecule has 4 rings (SSSR count). The summed E-state index contributed by atoms with van der Waals surface area (Å²) < 4.78 is 0. The lowest BCUT2D eigenvalue weighted by atomic mass is 10.3. The van der Waals surface area contributed by atoms with Crippen molar-refractivity contribution in [1.82, 2.24) is 9.97 Å². The molecule has 0 aromatic carbocycles. The monoisotopic (exact) mass is 324 g/mol. The Kier molecular flexibility index (Phi) is 3.48. The topological polar surface area (TPSA) is 38.7 Å². The molecule has 126 valence electrons. The van der Waals surface area contributed by atoms with Crippen molar-refractivity contribution in [3.05, 3.63) is 36.7 Å². The van der Waals surface area contributed by atoms with Crippen LogP contribution in [0.15, 0.2) is 36.7 Å². The molecular weight excluding hydrogens is 300 g/mol. The normalized spacial score (nSPS) is 22.2. The molecule has 24 heavy (non-hydrogen) atoms. The number of aromatic nitrogens is 2. The molecule has 2 aromatic rings. The highest BCUT2D eigenvalue weighted by Crippen LogP contribution is 2.38. The average molecular weight is 324 g/mol. The summed E-state index contributed by atoms with van der Waals surface area (Å²) in [5.74, 6) is 2.16. The maximum absolute atomic E-state index is 4.60. The van der Waals surface area contributed by atoms with Gasteiger partial charge >= 0.3 is 0 Å². The zero-order valence-corrected chi connectivity index (χ0v) is 14.7. The van der Waals surface area contributed by atoms with Crippen LogP contribution in [0.4, 0.5) is 23.0 Å². The lowest BCUT2D eigenvalue weighted by molar-refractivity contribution is 0.605. The molecule has 0 saturated carbocycles. The van der Waals surface area contributed by atoms with Crippen LogP contribution < -0.4 is 19.6 Å². The zero-order chi connectivity index (χ0) is 16.8. The van der Waals surface area contributed by atoms with Crippen LogP contribution in [-0.2, 0) is 0 Å². The minimum Gasteiger partial charge on any atom is -0.352 e. The fourth-order valence-corrected chi connectivity index (χ4v) is 3.75. The van der Waals surface area contributed by atoms with E-state index in [2.05, 4.69) is 69.6 Å². The fourth-order valence-electron chi connectivity index (χ4n) is 3.75. The maximum Gasteiger partial charge on any atom is 0.153 e. The molecule has 6 heteroatoms. The lowest BCUT2D eigenvalue weighted by Gasteiger charge is -2.31. The van der Waals surface area contributed by atoms with Crippen LogP contribution in [-0.4, -0.2) is 49.5 Å². The summed E-state index contributed by atoms with van der Waals surface area (Å²) in [7, 11) is 4.27. The van der Waals surface area contributed by atoms with Crippen molar-refractivity contribution < 1.29 is 0 Å². The Morgan fingerprint density at radius 2 is 1.21 bits per heavy atom. The van der Waals surface area contributed by atoms with Crippen LogP contribution >= 0.6 is 0 Å². The summed E-state index contributed by atoms with van der Waals surface area (Å²) >= 11 is 0. The maximum atomic E-state index is 4.60. The number of rotatable bonds is 3. The SMILES string of the molecule is C[C@@H]1N(C)c2cccnc2N1CCN1c2ncccc2N(C)[C@@H]1C. The van der Waals surface area contributed by atoms with E-state index in [1.54, 1.807) is 0 Å². The quantitative estimate of drug-likeness (QED) is 0.863. The van der Waals surface area contributed by atoms with Gasteiger partial charge in [0.1, 0.15) is 0 Å². The second-order valence-electron chi connectivity index (χ2n) is 6.56. The zero-order valence-electron chi connectivity index (χ0n) is 14.7. The highest BCUT2D eigenvalue weighted by Gasteiger charge is 2.34. The minimum absolute atomic E-state index is 0.314. The van der Waals surface area contributed by atoms with E-state index in [-0.39, 0.29) is 0 Å². The van der Waals surface area contributed by atoms with Crippen LogP contribution in [0.25, 0.3) is 0 Å². The molecule has 0 amide bonds. The largest absolute Gasteiger partial charge is 0.352 e. The highest BCUT2D eigenvalue weighted by molar-refractivity contribution is 5.75. The van der Waals surface area contributed by atoms with Gasteiger partial charge in [0.05, 0.1) is 23.7 Å². The Morgan fingerprint density at radius 1 is 0.792 bits per heavy atom. The van der Waals surface area contributed by atoms with Gasteiger partial charge in [-0.15, -0.1) is 0 Å². The van der Waals surface area contributed by atoms with Gasteiger partial charge < -0.3 is 19.6 Å². The summed E-state index contributed by atoms with van der Waals surface area (Å²) in [5.41, 5.74) is 2.41. The molecule has 2 aliphatic heterocycles. The summed E-state index contributed by atoms with van der Waals surface area (Å²) in [5, 5.41) is 0. The van der Waals surface area contributed by atoms with Crippen molar-refractivity contribution in [2.75, 3.05) is 46.8 Å². The molecule has 6 nitrogen and oxygen atoms in total. The Balaban J connectivity index is 1.56. The molecule has 0 bridgehead atoms. The van der Waals surface area contributed by atoms with Crippen LogP contribution in [0.1, 0.15) is 13.8 Å². The molecular formula is C18H24N6. The second-order valence-corrected chi connectivity index (χ2v) is 6.56. The predicted molar refractivity (Wildman–Crippen MR) is 98.9 cm³/mol. The van der Waals surface area contributed by atoms with Gasteiger partial charge in [0.25, 0.3) is 0 Å². The van der Waals surface area contributed by atoms with E-state index in [4.69, 9.17) is 0 Å². The minimum atomic E-state index is 0.314. The third-order valence-corrected chi connectivity index (χ3v) is 5.44. The first kappa shape index (κ1) is 15.1. The third-order valence-electron chi connectivity index (χ3n) is 5.44. The van der Waals surface area contributed by atoms with Gasteiger partial charge in [0.2, 0.25) is 0 Å². The Morgan fingerprint density at radius 3 is 1.62 bits per heavy atom. The van der Waals surface area contributed by atoms with E-state index in [9.17, 15) is 0 Å². The fraction of sp³-hybridized carbons (Fsp3) is 0.444. The van der Waals surface area contributed by atoms with Crippen molar-refractivity contribution in [3.8, 4) is 0 Å². The molecule has 0 spiro atoms. The van der Waals surface area contributed by atoms with Gasteiger partial charge in [0, 0.05) is 39.6 Å². The average Bonchev–Trinajstić information content (AvgIpc) is 3.00. The van der Waals surface area contributed by atoms with Gasteiger partial charge in [-0.25, -0.2) is 9.97 Å². The molecule has 0 saturated heterocycles. The summed E-state index contributed by atoms with van der Waals surface area (Å²) in [6.07, 6.45) is 4.38. The molecule has 2 atom stereocenters. The Hall–Kier alpha value is -2.50. The number of anilines is 4. The third kappa shape index (κ3) is 2.09. The van der Waals surface area contributed by atoms with Crippen LogP contribution in [0.2, 0.25) is 0 Å². The van der Waals surface area contributed by atoms with Crippen LogP contribution in [0.3, 0.4) is 0 Å². The van der Waals surface area contributed by atoms with Gasteiger partial charge in [-0.05, 0) is 38.1 Å². The number of nitrogens with zero attached hydrogens (tertiary/aromatic N) is 6. The smallest absolute Gasteiger partial charge is 0.153 e.